The first-order valence-electron chi connectivity index (χ1n) is 9.82. The summed E-state index contributed by atoms with van der Waals surface area (Å²) in [4.78, 5) is 12.8. The average molecular weight is 431 g/mol. The molecule has 4 nitrogen and oxygen atoms in total. The van der Waals surface area contributed by atoms with Crippen molar-refractivity contribution >= 4 is 29.3 Å². The number of nitrogens with zero attached hydrogens (tertiary/aromatic N) is 1. The maximum Gasteiger partial charge on any atom is 0.266 e. The summed E-state index contributed by atoms with van der Waals surface area (Å²) in [5.41, 5.74) is 5.36. The molecule has 3 rings (SSSR count). The van der Waals surface area contributed by atoms with E-state index in [1.165, 1.54) is 0 Å². The van der Waals surface area contributed by atoms with Crippen LogP contribution in [-0.4, -0.2) is 13.0 Å². The molecule has 5 heteroatoms. The van der Waals surface area contributed by atoms with Crippen LogP contribution in [0.5, 0.6) is 5.75 Å². The van der Waals surface area contributed by atoms with Gasteiger partial charge in [-0.15, -0.1) is 0 Å². The molecular formula is C26H23ClN2O2. The highest BCUT2D eigenvalue weighted by molar-refractivity contribution is 6.31. The van der Waals surface area contributed by atoms with Crippen LogP contribution in [0.3, 0.4) is 0 Å². The fraction of sp³-hybridized carbons (Fsp3) is 0.154. The quantitative estimate of drug-likeness (QED) is 0.379. The highest BCUT2D eigenvalue weighted by atomic mass is 35.5. The normalized spacial score (nSPS) is 11.0. The van der Waals surface area contributed by atoms with Gasteiger partial charge in [0.2, 0.25) is 0 Å². The van der Waals surface area contributed by atoms with Crippen molar-refractivity contribution in [3.63, 3.8) is 0 Å². The van der Waals surface area contributed by atoms with Gasteiger partial charge in [0, 0.05) is 10.7 Å². The largest absolute Gasteiger partial charge is 0.497 e. The van der Waals surface area contributed by atoms with Gasteiger partial charge >= 0.3 is 0 Å². The number of amides is 1. The maximum atomic E-state index is 12.8. The summed E-state index contributed by atoms with van der Waals surface area (Å²) in [6, 6.07) is 20.8. The Balaban J connectivity index is 1.96. The summed E-state index contributed by atoms with van der Waals surface area (Å²) in [6.45, 7) is 3.91. The molecule has 3 aromatic rings. The molecule has 0 atom stereocenters. The van der Waals surface area contributed by atoms with E-state index in [0.717, 1.165) is 27.8 Å². The summed E-state index contributed by atoms with van der Waals surface area (Å²) < 4.78 is 5.36. The van der Waals surface area contributed by atoms with E-state index < -0.39 is 5.91 Å². The lowest BCUT2D eigenvalue weighted by Crippen LogP contribution is -2.14. The van der Waals surface area contributed by atoms with Crippen LogP contribution in [0.4, 0.5) is 5.69 Å². The summed E-state index contributed by atoms with van der Waals surface area (Å²) in [5, 5.41) is 13.2. The van der Waals surface area contributed by atoms with Gasteiger partial charge in [0.25, 0.3) is 5.91 Å². The van der Waals surface area contributed by atoms with Crippen LogP contribution in [0.1, 0.15) is 27.8 Å². The van der Waals surface area contributed by atoms with Crippen LogP contribution in [0.2, 0.25) is 5.02 Å². The predicted molar refractivity (Wildman–Crippen MR) is 125 cm³/mol. The summed E-state index contributed by atoms with van der Waals surface area (Å²) in [6.07, 6.45) is 2.14. The number of nitriles is 1. The molecule has 0 aliphatic heterocycles. The second-order valence-electron chi connectivity index (χ2n) is 7.20. The monoisotopic (exact) mass is 430 g/mol. The molecular weight excluding hydrogens is 408 g/mol. The molecule has 1 N–H and O–H groups in total. The molecule has 0 bridgehead atoms. The molecule has 0 spiro atoms. The molecule has 31 heavy (non-hydrogen) atoms. The molecule has 0 radical (unpaired) electrons. The first kappa shape index (κ1) is 22.1. The molecule has 0 heterocycles. The van der Waals surface area contributed by atoms with E-state index in [1.807, 2.05) is 74.5 Å². The molecule has 0 aliphatic carbocycles. The Bertz CT molecular complexity index is 1190. The van der Waals surface area contributed by atoms with Gasteiger partial charge in [-0.3, -0.25) is 4.79 Å². The second kappa shape index (κ2) is 9.97. The molecule has 0 saturated carbocycles. The van der Waals surface area contributed by atoms with Crippen molar-refractivity contribution in [1.82, 2.24) is 0 Å². The van der Waals surface area contributed by atoms with Gasteiger partial charge in [0.1, 0.15) is 17.4 Å². The Morgan fingerprint density at radius 3 is 2.58 bits per heavy atom. The van der Waals surface area contributed by atoms with Gasteiger partial charge in [0.15, 0.2) is 0 Å². The Labute approximate surface area is 187 Å². The zero-order chi connectivity index (χ0) is 22.4. The average Bonchev–Trinajstić information content (AvgIpc) is 2.77. The number of ether oxygens (including phenoxy) is 1. The number of anilines is 1. The molecule has 1 amide bonds. The zero-order valence-corrected chi connectivity index (χ0v) is 18.5. The number of methoxy groups -OCH3 is 1. The highest BCUT2D eigenvalue weighted by Crippen LogP contribution is 2.26. The smallest absolute Gasteiger partial charge is 0.266 e. The van der Waals surface area contributed by atoms with E-state index in [2.05, 4.69) is 5.32 Å². The van der Waals surface area contributed by atoms with Crippen LogP contribution in [0.25, 0.3) is 6.08 Å². The SMILES string of the molecule is COc1ccc(/C=C(\C#N)C(=O)Nc2cccc(C)c2C)c(Cc2ccccc2Cl)c1. The van der Waals surface area contributed by atoms with Crippen LogP contribution in [-0.2, 0) is 11.2 Å². The molecule has 156 valence electrons. The van der Waals surface area contributed by atoms with E-state index in [-0.39, 0.29) is 5.57 Å². The number of carbonyl (C=O) groups is 1. The van der Waals surface area contributed by atoms with Crippen LogP contribution < -0.4 is 10.1 Å². The highest BCUT2D eigenvalue weighted by Gasteiger charge is 2.14. The zero-order valence-electron chi connectivity index (χ0n) is 17.7. The first-order chi connectivity index (χ1) is 14.9. The number of benzene rings is 3. The minimum Gasteiger partial charge on any atom is -0.497 e. The summed E-state index contributed by atoms with van der Waals surface area (Å²) in [7, 11) is 1.60. The van der Waals surface area contributed by atoms with Crippen molar-refractivity contribution < 1.29 is 9.53 Å². The topological polar surface area (TPSA) is 62.1 Å². The molecule has 0 aliphatic rings. The lowest BCUT2D eigenvalue weighted by Gasteiger charge is -2.12. The Kier molecular flexibility index (Phi) is 7.12. The Morgan fingerprint density at radius 1 is 1.10 bits per heavy atom. The van der Waals surface area contributed by atoms with Crippen LogP contribution in [0.15, 0.2) is 66.2 Å². The second-order valence-corrected chi connectivity index (χ2v) is 7.61. The fourth-order valence-electron chi connectivity index (χ4n) is 3.23. The van der Waals surface area contributed by atoms with Gasteiger partial charge in [-0.2, -0.15) is 5.26 Å². The Morgan fingerprint density at radius 2 is 1.87 bits per heavy atom. The van der Waals surface area contributed by atoms with Gasteiger partial charge in [-0.1, -0.05) is 48.0 Å². The lowest BCUT2D eigenvalue weighted by atomic mass is 9.97. The minimum absolute atomic E-state index is 0.0199. The molecule has 0 unspecified atom stereocenters. The van der Waals surface area contributed by atoms with Crippen molar-refractivity contribution in [2.75, 3.05) is 12.4 Å². The third-order valence-corrected chi connectivity index (χ3v) is 5.58. The Hall–Kier alpha value is -3.55. The van der Waals surface area contributed by atoms with E-state index in [1.54, 1.807) is 19.3 Å². The minimum atomic E-state index is -0.448. The standard InChI is InChI=1S/C26H23ClN2O2/c1-17-7-6-10-25(18(17)2)29-26(30)22(16-28)13-19-11-12-23(31-3)15-21(19)14-20-8-4-5-9-24(20)27/h4-13,15H,14H2,1-3H3,(H,29,30)/b22-13+. The number of hydrogen-bond acceptors (Lipinski definition) is 3. The third kappa shape index (κ3) is 5.33. The van der Waals surface area contributed by atoms with Gasteiger partial charge in [0.05, 0.1) is 7.11 Å². The molecule has 0 fully saturated rings. The number of rotatable bonds is 6. The van der Waals surface area contributed by atoms with Crippen molar-refractivity contribution in [3.8, 4) is 11.8 Å². The van der Waals surface area contributed by atoms with E-state index in [0.29, 0.717) is 22.9 Å². The van der Waals surface area contributed by atoms with Crippen molar-refractivity contribution in [3.05, 3.63) is 99.1 Å². The number of halogens is 1. The summed E-state index contributed by atoms with van der Waals surface area (Å²) in [5.74, 6) is 0.244. The van der Waals surface area contributed by atoms with Crippen molar-refractivity contribution in [2.45, 2.75) is 20.3 Å². The molecule has 0 aromatic heterocycles. The summed E-state index contributed by atoms with van der Waals surface area (Å²) >= 11 is 6.34. The number of hydrogen-bond donors (Lipinski definition) is 1. The van der Waals surface area contributed by atoms with Gasteiger partial charge in [-0.05, 0) is 78.4 Å². The van der Waals surface area contributed by atoms with Crippen molar-refractivity contribution in [2.24, 2.45) is 0 Å². The van der Waals surface area contributed by atoms with E-state index in [4.69, 9.17) is 16.3 Å². The predicted octanol–water partition coefficient (Wildman–Crippen LogP) is 6.10. The van der Waals surface area contributed by atoms with Crippen molar-refractivity contribution in [1.29, 1.82) is 5.26 Å². The third-order valence-electron chi connectivity index (χ3n) is 5.21. The van der Waals surface area contributed by atoms with E-state index in [9.17, 15) is 10.1 Å². The lowest BCUT2D eigenvalue weighted by molar-refractivity contribution is -0.112. The van der Waals surface area contributed by atoms with Crippen LogP contribution in [0, 0.1) is 25.2 Å². The maximum absolute atomic E-state index is 12.8. The number of aryl methyl sites for hydroxylation is 1. The molecule has 0 saturated heterocycles. The molecule has 3 aromatic carbocycles. The number of nitrogens with one attached hydrogen (secondary N) is 1. The van der Waals surface area contributed by atoms with E-state index >= 15 is 0 Å². The van der Waals surface area contributed by atoms with Crippen LogP contribution >= 0.6 is 11.6 Å². The fourth-order valence-corrected chi connectivity index (χ4v) is 3.43. The number of carbonyl (C=O) groups excluding carboxylic acids is 1. The van der Waals surface area contributed by atoms with Gasteiger partial charge in [-0.25, -0.2) is 0 Å². The van der Waals surface area contributed by atoms with Gasteiger partial charge < -0.3 is 10.1 Å². The first-order valence-corrected chi connectivity index (χ1v) is 10.2.